The third-order valence-electron chi connectivity index (χ3n) is 2.61. The van der Waals surface area contributed by atoms with Crippen molar-refractivity contribution in [3.8, 4) is 11.5 Å². The molecule has 0 aromatic heterocycles. The molecule has 0 aliphatic carbocycles. The maximum atomic E-state index is 13.4. The van der Waals surface area contributed by atoms with E-state index in [9.17, 15) is 4.39 Å². The predicted octanol–water partition coefficient (Wildman–Crippen LogP) is 2.02. The monoisotopic (exact) mass is 226 g/mol. The molecule has 1 N–H and O–H groups in total. The van der Waals surface area contributed by atoms with Crippen molar-refractivity contribution in [2.24, 2.45) is 0 Å². The van der Waals surface area contributed by atoms with E-state index in [0.717, 1.165) is 5.56 Å². The molecule has 0 amide bonds. The maximum absolute atomic E-state index is 13.4. The third kappa shape index (κ3) is 2.11. The second-order valence-electron chi connectivity index (χ2n) is 3.78. The third-order valence-corrected chi connectivity index (χ3v) is 2.61. The Labute approximate surface area is 93.8 Å². The second kappa shape index (κ2) is 4.70. The van der Waals surface area contributed by atoms with E-state index in [0.29, 0.717) is 36.7 Å². The van der Waals surface area contributed by atoms with Gasteiger partial charge in [0.2, 0.25) is 0 Å². The summed E-state index contributed by atoms with van der Waals surface area (Å²) in [4.78, 5) is 0. The Balaban J connectivity index is 2.41. The average Bonchev–Trinajstić information content (AvgIpc) is 2.28. The van der Waals surface area contributed by atoms with Gasteiger partial charge in [-0.1, -0.05) is 0 Å². The molecule has 0 radical (unpaired) electrons. The standard InChI is InChI=1S/C12H15FO3/c1-8(13)10-7-12-11(15-4-5-16-12)6-9(10)2-3-14/h6-8,14H,2-5H2,1H3. The lowest BCUT2D eigenvalue weighted by molar-refractivity contribution is 0.170. The van der Waals surface area contributed by atoms with Crippen LogP contribution in [0.5, 0.6) is 11.5 Å². The van der Waals surface area contributed by atoms with Crippen molar-refractivity contribution in [3.05, 3.63) is 23.3 Å². The van der Waals surface area contributed by atoms with Crippen LogP contribution >= 0.6 is 0 Å². The number of aliphatic hydroxyl groups excluding tert-OH is 1. The Morgan fingerprint density at radius 1 is 1.31 bits per heavy atom. The van der Waals surface area contributed by atoms with Crippen molar-refractivity contribution in [1.82, 2.24) is 0 Å². The summed E-state index contributed by atoms with van der Waals surface area (Å²) in [5.74, 6) is 1.23. The first-order valence-corrected chi connectivity index (χ1v) is 5.39. The van der Waals surface area contributed by atoms with Crippen LogP contribution in [0.2, 0.25) is 0 Å². The second-order valence-corrected chi connectivity index (χ2v) is 3.78. The van der Waals surface area contributed by atoms with E-state index in [1.165, 1.54) is 6.92 Å². The van der Waals surface area contributed by atoms with Crippen LogP contribution in [-0.4, -0.2) is 24.9 Å². The lowest BCUT2D eigenvalue weighted by Crippen LogP contribution is -2.16. The van der Waals surface area contributed by atoms with Crippen LogP contribution in [0.4, 0.5) is 4.39 Å². The Morgan fingerprint density at radius 3 is 2.50 bits per heavy atom. The fraction of sp³-hybridized carbons (Fsp3) is 0.500. The lowest BCUT2D eigenvalue weighted by Gasteiger charge is -2.21. The zero-order chi connectivity index (χ0) is 11.5. The van der Waals surface area contributed by atoms with Crippen molar-refractivity contribution in [1.29, 1.82) is 0 Å². The number of aliphatic hydroxyl groups is 1. The number of alkyl halides is 1. The molecule has 1 aromatic carbocycles. The highest BCUT2D eigenvalue weighted by Crippen LogP contribution is 2.36. The molecule has 1 aliphatic heterocycles. The summed E-state index contributed by atoms with van der Waals surface area (Å²) < 4.78 is 24.2. The van der Waals surface area contributed by atoms with E-state index >= 15 is 0 Å². The van der Waals surface area contributed by atoms with Gasteiger partial charge in [0.15, 0.2) is 11.5 Å². The molecule has 4 heteroatoms. The number of hydrogen-bond donors (Lipinski definition) is 1. The number of fused-ring (bicyclic) bond motifs is 1. The molecular formula is C12H15FO3. The predicted molar refractivity (Wildman–Crippen MR) is 57.7 cm³/mol. The van der Waals surface area contributed by atoms with Gasteiger partial charge < -0.3 is 14.6 Å². The highest BCUT2D eigenvalue weighted by atomic mass is 19.1. The van der Waals surface area contributed by atoms with Gasteiger partial charge in [-0.3, -0.25) is 0 Å². The quantitative estimate of drug-likeness (QED) is 0.857. The average molecular weight is 226 g/mol. The van der Waals surface area contributed by atoms with E-state index < -0.39 is 6.17 Å². The van der Waals surface area contributed by atoms with Gasteiger partial charge in [0.05, 0.1) is 0 Å². The smallest absolute Gasteiger partial charge is 0.161 e. The Kier molecular flexibility index (Phi) is 3.29. The molecule has 88 valence electrons. The van der Waals surface area contributed by atoms with Crippen molar-refractivity contribution in [2.75, 3.05) is 19.8 Å². The minimum Gasteiger partial charge on any atom is -0.486 e. The van der Waals surface area contributed by atoms with Crippen LogP contribution in [0.1, 0.15) is 24.2 Å². The molecule has 0 fully saturated rings. The van der Waals surface area contributed by atoms with Crippen LogP contribution in [0.15, 0.2) is 12.1 Å². The van der Waals surface area contributed by atoms with Crippen molar-refractivity contribution in [2.45, 2.75) is 19.5 Å². The topological polar surface area (TPSA) is 38.7 Å². The van der Waals surface area contributed by atoms with Gasteiger partial charge in [-0.05, 0) is 36.6 Å². The largest absolute Gasteiger partial charge is 0.486 e. The molecule has 0 bridgehead atoms. The number of hydrogen-bond acceptors (Lipinski definition) is 3. The van der Waals surface area contributed by atoms with Crippen molar-refractivity contribution >= 4 is 0 Å². The Bertz CT molecular complexity index is 377. The first-order chi connectivity index (χ1) is 7.72. The van der Waals surface area contributed by atoms with Crippen molar-refractivity contribution < 1.29 is 19.0 Å². The molecule has 1 atom stereocenters. The molecular weight excluding hydrogens is 211 g/mol. The normalized spacial score (nSPS) is 15.9. The van der Waals surface area contributed by atoms with Crippen LogP contribution in [0, 0.1) is 0 Å². The number of rotatable bonds is 3. The molecule has 1 aliphatic rings. The molecule has 16 heavy (non-hydrogen) atoms. The zero-order valence-corrected chi connectivity index (χ0v) is 9.20. The summed E-state index contributed by atoms with van der Waals surface area (Å²) in [5, 5.41) is 8.94. The highest BCUT2D eigenvalue weighted by molar-refractivity contribution is 5.49. The van der Waals surface area contributed by atoms with E-state index in [1.54, 1.807) is 12.1 Å². The molecule has 0 saturated carbocycles. The van der Waals surface area contributed by atoms with Gasteiger partial charge >= 0.3 is 0 Å². The maximum Gasteiger partial charge on any atom is 0.161 e. The molecule has 0 spiro atoms. The van der Waals surface area contributed by atoms with E-state index in [1.807, 2.05) is 0 Å². The summed E-state index contributed by atoms with van der Waals surface area (Å²) in [7, 11) is 0. The number of benzene rings is 1. The summed E-state index contributed by atoms with van der Waals surface area (Å²) >= 11 is 0. The van der Waals surface area contributed by atoms with E-state index in [-0.39, 0.29) is 6.61 Å². The summed E-state index contributed by atoms with van der Waals surface area (Å²) in [6, 6.07) is 3.43. The Hall–Kier alpha value is -1.29. The zero-order valence-electron chi connectivity index (χ0n) is 9.20. The first-order valence-electron chi connectivity index (χ1n) is 5.39. The van der Waals surface area contributed by atoms with Crippen LogP contribution in [0.3, 0.4) is 0 Å². The fourth-order valence-corrected chi connectivity index (χ4v) is 1.85. The molecule has 3 nitrogen and oxygen atoms in total. The molecule has 2 rings (SSSR count). The number of ether oxygens (including phenoxy) is 2. The van der Waals surface area contributed by atoms with Crippen LogP contribution in [0.25, 0.3) is 0 Å². The van der Waals surface area contributed by atoms with Gasteiger partial charge in [-0.25, -0.2) is 4.39 Å². The lowest BCUT2D eigenvalue weighted by atomic mass is 10.0. The van der Waals surface area contributed by atoms with Gasteiger partial charge in [-0.2, -0.15) is 0 Å². The molecule has 1 unspecified atom stereocenters. The minimum absolute atomic E-state index is 0.000631. The van der Waals surface area contributed by atoms with Crippen molar-refractivity contribution in [3.63, 3.8) is 0 Å². The summed E-state index contributed by atoms with van der Waals surface area (Å²) in [6.07, 6.45) is -0.641. The van der Waals surface area contributed by atoms with Gasteiger partial charge in [-0.15, -0.1) is 0 Å². The highest BCUT2D eigenvalue weighted by Gasteiger charge is 2.18. The van der Waals surface area contributed by atoms with Crippen LogP contribution < -0.4 is 9.47 Å². The first kappa shape index (κ1) is 11.2. The van der Waals surface area contributed by atoms with Gasteiger partial charge in [0.25, 0.3) is 0 Å². The van der Waals surface area contributed by atoms with Gasteiger partial charge in [0, 0.05) is 6.61 Å². The summed E-state index contributed by atoms with van der Waals surface area (Å²) in [5.41, 5.74) is 1.35. The van der Waals surface area contributed by atoms with E-state index in [4.69, 9.17) is 14.6 Å². The van der Waals surface area contributed by atoms with E-state index in [2.05, 4.69) is 0 Å². The molecule has 0 saturated heterocycles. The fourth-order valence-electron chi connectivity index (χ4n) is 1.85. The van der Waals surface area contributed by atoms with Crippen LogP contribution in [-0.2, 0) is 6.42 Å². The molecule has 1 heterocycles. The number of halogens is 1. The molecule has 1 aromatic rings. The Morgan fingerprint density at radius 2 is 1.94 bits per heavy atom. The van der Waals surface area contributed by atoms with Gasteiger partial charge in [0.1, 0.15) is 19.4 Å². The SMILES string of the molecule is CC(F)c1cc2c(cc1CCO)OCCO2. The minimum atomic E-state index is -1.07. The summed E-state index contributed by atoms with van der Waals surface area (Å²) in [6.45, 7) is 2.48.